The van der Waals surface area contributed by atoms with Crippen molar-refractivity contribution in [2.45, 2.75) is 37.0 Å². The minimum atomic E-state index is -3.34. The average Bonchev–Trinajstić information content (AvgIpc) is 2.47. The van der Waals surface area contributed by atoms with Crippen molar-refractivity contribution in [3.05, 3.63) is 35.9 Å². The molecule has 1 fully saturated rings. The van der Waals surface area contributed by atoms with E-state index in [-0.39, 0.29) is 12.4 Å². The first-order valence-corrected chi connectivity index (χ1v) is 8.91. The van der Waals surface area contributed by atoms with Gasteiger partial charge in [-0.1, -0.05) is 36.8 Å². The zero-order valence-corrected chi connectivity index (χ0v) is 12.7. The normalized spacial score (nSPS) is 22.4. The van der Waals surface area contributed by atoms with Gasteiger partial charge < -0.3 is 10.4 Å². The van der Waals surface area contributed by atoms with Crippen molar-refractivity contribution in [3.8, 4) is 0 Å². The summed E-state index contributed by atoms with van der Waals surface area (Å²) in [5.41, 5.74) is 0.989. The number of carbonyl (C=O) groups is 1. The molecule has 2 atom stereocenters. The summed E-state index contributed by atoms with van der Waals surface area (Å²) in [4.78, 5) is 12.2. The first-order chi connectivity index (χ1) is 10.0. The topological polar surface area (TPSA) is 83.5 Å². The molecule has 0 saturated carbocycles. The molecule has 1 aliphatic rings. The fourth-order valence-corrected chi connectivity index (χ4v) is 4.41. The molecule has 2 rings (SSSR count). The molecule has 0 radical (unpaired) electrons. The molecule has 21 heavy (non-hydrogen) atoms. The Balaban J connectivity index is 1.99. The largest absolute Gasteiger partial charge is 0.394 e. The summed E-state index contributed by atoms with van der Waals surface area (Å²) in [6, 6.07) is 9.02. The average molecular weight is 311 g/mol. The van der Waals surface area contributed by atoms with E-state index in [0.29, 0.717) is 19.3 Å². The third-order valence-corrected chi connectivity index (χ3v) is 5.94. The van der Waals surface area contributed by atoms with Crippen molar-refractivity contribution < 1.29 is 18.3 Å². The number of amides is 1. The van der Waals surface area contributed by atoms with Crippen LogP contribution in [0.3, 0.4) is 0 Å². The van der Waals surface area contributed by atoms with Crippen LogP contribution >= 0.6 is 0 Å². The molecule has 2 N–H and O–H groups in total. The van der Waals surface area contributed by atoms with Crippen LogP contribution in [0.1, 0.15) is 24.8 Å². The van der Waals surface area contributed by atoms with Crippen molar-refractivity contribution in [1.29, 1.82) is 0 Å². The maximum Gasteiger partial charge on any atom is 0.238 e. The number of aliphatic hydroxyl groups excluding tert-OH is 1. The lowest BCUT2D eigenvalue weighted by Crippen LogP contribution is -2.48. The highest BCUT2D eigenvalue weighted by molar-refractivity contribution is 7.92. The van der Waals surface area contributed by atoms with Crippen molar-refractivity contribution in [3.63, 3.8) is 0 Å². The summed E-state index contributed by atoms with van der Waals surface area (Å²) in [6.45, 7) is -0.215. The Hall–Kier alpha value is -1.40. The Labute approximate surface area is 125 Å². The number of carbonyl (C=O) groups excluding carboxylic acids is 1. The zero-order valence-electron chi connectivity index (χ0n) is 11.9. The van der Waals surface area contributed by atoms with Gasteiger partial charge in [0, 0.05) is 0 Å². The summed E-state index contributed by atoms with van der Waals surface area (Å²) in [5.74, 6) is -0.405. The van der Waals surface area contributed by atoms with Crippen LogP contribution in [0.4, 0.5) is 0 Å². The van der Waals surface area contributed by atoms with E-state index >= 15 is 0 Å². The molecule has 1 amide bonds. The standard InChI is InChI=1S/C15H21NO4S/c17-11-13(10-12-6-2-1-3-7-12)16-15(18)14-8-4-5-9-21(14,19)20/h1-3,6-7,13-14,17H,4-5,8-11H2,(H,16,18). The first-order valence-electron chi connectivity index (χ1n) is 7.19. The summed E-state index contributed by atoms with van der Waals surface area (Å²) < 4.78 is 23.9. The number of benzene rings is 1. The molecule has 1 heterocycles. The minimum absolute atomic E-state index is 0.0769. The van der Waals surface area contributed by atoms with E-state index in [2.05, 4.69) is 5.32 Å². The minimum Gasteiger partial charge on any atom is -0.394 e. The fourth-order valence-electron chi connectivity index (χ4n) is 2.60. The van der Waals surface area contributed by atoms with Crippen LogP contribution in [0.5, 0.6) is 0 Å². The van der Waals surface area contributed by atoms with Gasteiger partial charge in [0.2, 0.25) is 5.91 Å². The predicted molar refractivity (Wildman–Crippen MR) is 80.6 cm³/mol. The smallest absolute Gasteiger partial charge is 0.238 e. The molecule has 0 bridgehead atoms. The Bertz CT molecular complexity index is 571. The number of hydrogen-bond donors (Lipinski definition) is 2. The van der Waals surface area contributed by atoms with Gasteiger partial charge in [0.25, 0.3) is 0 Å². The van der Waals surface area contributed by atoms with Gasteiger partial charge in [0.1, 0.15) is 5.25 Å². The molecular formula is C15H21NO4S. The highest BCUT2D eigenvalue weighted by Gasteiger charge is 2.35. The van der Waals surface area contributed by atoms with Crippen molar-refractivity contribution in [1.82, 2.24) is 5.32 Å². The molecule has 0 spiro atoms. The predicted octanol–water partition coefficient (Wildman–Crippen LogP) is 0.673. The van der Waals surface area contributed by atoms with Crippen molar-refractivity contribution in [2.24, 2.45) is 0 Å². The van der Waals surface area contributed by atoms with Crippen LogP contribution in [-0.2, 0) is 21.1 Å². The Kier molecular flexibility index (Phi) is 5.36. The quantitative estimate of drug-likeness (QED) is 0.837. The molecule has 1 aliphatic heterocycles. The third kappa shape index (κ3) is 4.28. The van der Waals surface area contributed by atoms with Gasteiger partial charge in [-0.05, 0) is 24.8 Å². The van der Waals surface area contributed by atoms with Gasteiger partial charge in [0.05, 0.1) is 18.4 Å². The number of aliphatic hydroxyl groups is 1. The number of hydrogen-bond acceptors (Lipinski definition) is 4. The fraction of sp³-hybridized carbons (Fsp3) is 0.533. The number of rotatable bonds is 5. The summed E-state index contributed by atoms with van der Waals surface area (Å²) >= 11 is 0. The van der Waals surface area contributed by atoms with Crippen LogP contribution in [0.2, 0.25) is 0 Å². The molecule has 116 valence electrons. The molecule has 1 aromatic rings. The number of nitrogens with one attached hydrogen (secondary N) is 1. The van der Waals surface area contributed by atoms with Gasteiger partial charge >= 0.3 is 0 Å². The van der Waals surface area contributed by atoms with Gasteiger partial charge in [-0.2, -0.15) is 0 Å². The lowest BCUT2D eigenvalue weighted by Gasteiger charge is -2.24. The van der Waals surface area contributed by atoms with Gasteiger partial charge in [-0.15, -0.1) is 0 Å². The second-order valence-corrected chi connectivity index (χ2v) is 7.73. The maximum atomic E-state index is 12.2. The molecule has 0 aliphatic carbocycles. The monoisotopic (exact) mass is 311 g/mol. The van der Waals surface area contributed by atoms with E-state index in [1.54, 1.807) is 0 Å². The van der Waals surface area contributed by atoms with E-state index in [1.807, 2.05) is 30.3 Å². The Morgan fingerprint density at radius 2 is 2.00 bits per heavy atom. The zero-order chi connectivity index (χ0) is 15.3. The SMILES string of the molecule is O=C(NC(CO)Cc1ccccc1)C1CCCCS1(=O)=O. The molecule has 6 heteroatoms. The van der Waals surface area contributed by atoms with Crippen LogP contribution in [0.25, 0.3) is 0 Å². The van der Waals surface area contributed by atoms with Gasteiger partial charge in [-0.25, -0.2) is 8.42 Å². The molecular weight excluding hydrogens is 290 g/mol. The molecule has 5 nitrogen and oxygen atoms in total. The highest BCUT2D eigenvalue weighted by atomic mass is 32.2. The van der Waals surface area contributed by atoms with E-state index in [4.69, 9.17) is 0 Å². The summed E-state index contributed by atoms with van der Waals surface area (Å²) in [7, 11) is -3.34. The second-order valence-electron chi connectivity index (χ2n) is 5.43. The Morgan fingerprint density at radius 3 is 2.62 bits per heavy atom. The van der Waals surface area contributed by atoms with Crippen molar-refractivity contribution in [2.75, 3.05) is 12.4 Å². The summed E-state index contributed by atoms with van der Waals surface area (Å²) in [6.07, 6.45) is 2.23. The second kappa shape index (κ2) is 7.04. The van der Waals surface area contributed by atoms with E-state index < -0.39 is 27.0 Å². The van der Waals surface area contributed by atoms with Crippen LogP contribution in [0, 0.1) is 0 Å². The van der Waals surface area contributed by atoms with Crippen LogP contribution in [-0.4, -0.2) is 43.1 Å². The third-order valence-electron chi connectivity index (χ3n) is 3.76. The first kappa shape index (κ1) is 16.0. The van der Waals surface area contributed by atoms with E-state index in [1.165, 1.54) is 0 Å². The number of sulfone groups is 1. The van der Waals surface area contributed by atoms with Crippen LogP contribution < -0.4 is 5.32 Å². The lowest BCUT2D eigenvalue weighted by molar-refractivity contribution is -0.121. The lowest BCUT2D eigenvalue weighted by atomic mass is 10.1. The van der Waals surface area contributed by atoms with E-state index in [9.17, 15) is 18.3 Å². The van der Waals surface area contributed by atoms with Crippen LogP contribution in [0.15, 0.2) is 30.3 Å². The molecule has 2 unspecified atom stereocenters. The molecule has 1 aromatic carbocycles. The van der Waals surface area contributed by atoms with E-state index in [0.717, 1.165) is 12.0 Å². The summed E-state index contributed by atoms with van der Waals surface area (Å²) in [5, 5.41) is 11.1. The Morgan fingerprint density at radius 1 is 1.29 bits per heavy atom. The highest BCUT2D eigenvalue weighted by Crippen LogP contribution is 2.19. The van der Waals surface area contributed by atoms with Gasteiger partial charge in [-0.3, -0.25) is 4.79 Å². The maximum absolute atomic E-state index is 12.2. The molecule has 0 aromatic heterocycles. The van der Waals surface area contributed by atoms with Gasteiger partial charge in [0.15, 0.2) is 9.84 Å². The molecule has 1 saturated heterocycles. The van der Waals surface area contributed by atoms with Crippen molar-refractivity contribution >= 4 is 15.7 Å².